The molecule has 0 spiro atoms. The molecule has 2 aromatic rings. The average molecular weight is 285 g/mol. The van der Waals surface area contributed by atoms with Gasteiger partial charge in [-0.25, -0.2) is 0 Å². The van der Waals surface area contributed by atoms with Crippen LogP contribution in [0.5, 0.6) is 5.75 Å². The first-order valence-corrected chi connectivity index (χ1v) is 7.21. The second kappa shape index (κ2) is 8.39. The van der Waals surface area contributed by atoms with Gasteiger partial charge >= 0.3 is 0 Å². The van der Waals surface area contributed by atoms with Crippen LogP contribution in [-0.4, -0.2) is 37.1 Å². The molecule has 1 heterocycles. The summed E-state index contributed by atoms with van der Waals surface area (Å²) in [5.41, 5.74) is 2.50. The summed E-state index contributed by atoms with van der Waals surface area (Å²) in [6.07, 6.45) is 3.65. The first-order valence-electron chi connectivity index (χ1n) is 7.21. The molecule has 4 heteroatoms. The number of nitrogens with zero attached hydrogens (tertiary/aromatic N) is 2. The number of nitrogens with one attached hydrogen (secondary N) is 1. The molecule has 0 saturated heterocycles. The molecule has 2 rings (SSSR count). The minimum Gasteiger partial charge on any atom is -0.492 e. The molecule has 0 unspecified atom stereocenters. The molecular weight excluding hydrogens is 262 g/mol. The Kier molecular flexibility index (Phi) is 6.19. The number of likely N-dealkylation sites (N-methyl/N-ethyl adjacent to an activating group) is 1. The van der Waals surface area contributed by atoms with E-state index < -0.39 is 0 Å². The molecule has 21 heavy (non-hydrogen) atoms. The minimum atomic E-state index is 0.685. The van der Waals surface area contributed by atoms with Crippen LogP contribution in [0.2, 0.25) is 0 Å². The number of hydrogen-bond donors (Lipinski definition) is 1. The monoisotopic (exact) mass is 285 g/mol. The van der Waals surface area contributed by atoms with E-state index in [0.29, 0.717) is 6.61 Å². The Morgan fingerprint density at radius 1 is 1.14 bits per heavy atom. The Balaban J connectivity index is 1.74. The average Bonchev–Trinajstić information content (AvgIpc) is 2.49. The first kappa shape index (κ1) is 15.5. The van der Waals surface area contributed by atoms with E-state index in [1.54, 1.807) is 0 Å². The smallest absolute Gasteiger partial charge is 0.119 e. The van der Waals surface area contributed by atoms with Crippen LogP contribution in [0.15, 0.2) is 48.8 Å². The van der Waals surface area contributed by atoms with E-state index in [9.17, 15) is 0 Å². The van der Waals surface area contributed by atoms with Crippen LogP contribution < -0.4 is 10.1 Å². The Labute approximate surface area is 126 Å². The second-order valence-electron chi connectivity index (χ2n) is 5.12. The van der Waals surface area contributed by atoms with Crippen molar-refractivity contribution in [1.82, 2.24) is 15.2 Å². The fourth-order valence-electron chi connectivity index (χ4n) is 2.15. The van der Waals surface area contributed by atoms with Crippen molar-refractivity contribution in [3.8, 4) is 5.75 Å². The predicted octanol–water partition coefficient (Wildman–Crippen LogP) is 2.31. The van der Waals surface area contributed by atoms with Crippen molar-refractivity contribution in [2.75, 3.05) is 27.2 Å². The van der Waals surface area contributed by atoms with Crippen molar-refractivity contribution >= 4 is 0 Å². The molecular formula is C17H23N3O. The van der Waals surface area contributed by atoms with Gasteiger partial charge in [0, 0.05) is 32.0 Å². The summed E-state index contributed by atoms with van der Waals surface area (Å²) in [6.45, 7) is 3.34. The van der Waals surface area contributed by atoms with Gasteiger partial charge < -0.3 is 10.1 Å². The number of benzene rings is 1. The summed E-state index contributed by atoms with van der Waals surface area (Å²) < 4.78 is 5.82. The Morgan fingerprint density at radius 3 is 2.71 bits per heavy atom. The standard InChI is InChI=1S/C17H23N3O/c1-18-13-16-4-3-5-17(12-16)21-11-10-20(2)14-15-6-8-19-9-7-15/h3-9,12,18H,10-11,13-14H2,1-2H3. The third-order valence-corrected chi connectivity index (χ3v) is 3.22. The molecule has 1 N–H and O–H groups in total. The van der Waals surface area contributed by atoms with Crippen LogP contribution in [0.1, 0.15) is 11.1 Å². The van der Waals surface area contributed by atoms with Crippen molar-refractivity contribution in [2.24, 2.45) is 0 Å². The predicted molar refractivity (Wildman–Crippen MR) is 85.3 cm³/mol. The summed E-state index contributed by atoms with van der Waals surface area (Å²) in [5, 5.41) is 3.14. The van der Waals surface area contributed by atoms with Crippen molar-refractivity contribution in [3.05, 3.63) is 59.9 Å². The molecule has 0 amide bonds. The highest BCUT2D eigenvalue weighted by atomic mass is 16.5. The van der Waals surface area contributed by atoms with Crippen molar-refractivity contribution < 1.29 is 4.74 Å². The van der Waals surface area contributed by atoms with Gasteiger partial charge in [-0.15, -0.1) is 0 Å². The highest BCUT2D eigenvalue weighted by Crippen LogP contribution is 2.13. The van der Waals surface area contributed by atoms with Gasteiger partial charge in [0.25, 0.3) is 0 Å². The van der Waals surface area contributed by atoms with E-state index in [0.717, 1.165) is 25.4 Å². The maximum atomic E-state index is 5.82. The lowest BCUT2D eigenvalue weighted by Gasteiger charge is -2.17. The van der Waals surface area contributed by atoms with Crippen molar-refractivity contribution in [2.45, 2.75) is 13.1 Å². The Bertz CT molecular complexity index is 531. The van der Waals surface area contributed by atoms with Gasteiger partial charge in [0.15, 0.2) is 0 Å². The van der Waals surface area contributed by atoms with E-state index in [4.69, 9.17) is 4.74 Å². The molecule has 0 aliphatic carbocycles. The number of aromatic nitrogens is 1. The fourth-order valence-corrected chi connectivity index (χ4v) is 2.15. The van der Waals surface area contributed by atoms with E-state index in [1.807, 2.05) is 43.7 Å². The topological polar surface area (TPSA) is 37.4 Å². The number of hydrogen-bond acceptors (Lipinski definition) is 4. The highest BCUT2D eigenvalue weighted by Gasteiger charge is 2.01. The molecule has 0 fully saturated rings. The summed E-state index contributed by atoms with van der Waals surface area (Å²) in [4.78, 5) is 6.27. The normalized spacial score (nSPS) is 10.8. The van der Waals surface area contributed by atoms with Crippen LogP contribution in [0.4, 0.5) is 0 Å². The molecule has 1 aromatic carbocycles. The maximum absolute atomic E-state index is 5.82. The zero-order valence-corrected chi connectivity index (χ0v) is 12.7. The lowest BCUT2D eigenvalue weighted by atomic mass is 10.2. The maximum Gasteiger partial charge on any atom is 0.119 e. The molecule has 0 aliphatic heterocycles. The van der Waals surface area contributed by atoms with E-state index in [1.165, 1.54) is 11.1 Å². The Hall–Kier alpha value is -1.91. The van der Waals surface area contributed by atoms with Crippen LogP contribution in [0, 0.1) is 0 Å². The summed E-state index contributed by atoms with van der Waals surface area (Å²) >= 11 is 0. The summed E-state index contributed by atoms with van der Waals surface area (Å²) in [6, 6.07) is 12.3. The first-order chi connectivity index (χ1) is 10.3. The highest BCUT2D eigenvalue weighted by molar-refractivity contribution is 5.28. The molecule has 0 aliphatic rings. The van der Waals surface area contributed by atoms with Gasteiger partial charge in [0.2, 0.25) is 0 Å². The lowest BCUT2D eigenvalue weighted by Crippen LogP contribution is -2.23. The van der Waals surface area contributed by atoms with Gasteiger partial charge in [-0.3, -0.25) is 9.88 Å². The summed E-state index contributed by atoms with van der Waals surface area (Å²) in [5.74, 6) is 0.931. The molecule has 0 radical (unpaired) electrons. The van der Waals surface area contributed by atoms with Crippen LogP contribution in [0.25, 0.3) is 0 Å². The Morgan fingerprint density at radius 2 is 1.95 bits per heavy atom. The summed E-state index contributed by atoms with van der Waals surface area (Å²) in [7, 11) is 4.04. The number of pyridine rings is 1. The largest absolute Gasteiger partial charge is 0.492 e. The molecule has 0 atom stereocenters. The minimum absolute atomic E-state index is 0.685. The SMILES string of the molecule is CNCc1cccc(OCCN(C)Cc2ccncc2)c1. The van der Waals surface area contributed by atoms with E-state index >= 15 is 0 Å². The van der Waals surface area contributed by atoms with Crippen LogP contribution >= 0.6 is 0 Å². The zero-order valence-electron chi connectivity index (χ0n) is 12.7. The van der Waals surface area contributed by atoms with Gasteiger partial charge in [0.1, 0.15) is 12.4 Å². The van der Waals surface area contributed by atoms with Crippen molar-refractivity contribution in [1.29, 1.82) is 0 Å². The van der Waals surface area contributed by atoms with Crippen LogP contribution in [-0.2, 0) is 13.1 Å². The van der Waals surface area contributed by atoms with E-state index in [2.05, 4.69) is 34.4 Å². The number of ether oxygens (including phenoxy) is 1. The van der Waals surface area contributed by atoms with Gasteiger partial charge in [0.05, 0.1) is 0 Å². The third kappa shape index (κ3) is 5.53. The van der Waals surface area contributed by atoms with Crippen molar-refractivity contribution in [3.63, 3.8) is 0 Å². The van der Waals surface area contributed by atoms with Gasteiger partial charge in [-0.1, -0.05) is 12.1 Å². The fraction of sp³-hybridized carbons (Fsp3) is 0.353. The zero-order chi connectivity index (χ0) is 14.9. The van der Waals surface area contributed by atoms with Gasteiger partial charge in [-0.05, 0) is 49.5 Å². The second-order valence-corrected chi connectivity index (χ2v) is 5.12. The molecule has 0 bridgehead atoms. The van der Waals surface area contributed by atoms with Crippen LogP contribution in [0.3, 0.4) is 0 Å². The van der Waals surface area contributed by atoms with E-state index in [-0.39, 0.29) is 0 Å². The molecule has 1 aromatic heterocycles. The number of rotatable bonds is 8. The lowest BCUT2D eigenvalue weighted by molar-refractivity contribution is 0.232. The van der Waals surface area contributed by atoms with Gasteiger partial charge in [-0.2, -0.15) is 0 Å². The quantitative estimate of drug-likeness (QED) is 0.807. The molecule has 112 valence electrons. The molecule has 0 saturated carbocycles. The third-order valence-electron chi connectivity index (χ3n) is 3.22. The molecule has 4 nitrogen and oxygen atoms in total.